The molecule has 1 fully saturated rings. The lowest BCUT2D eigenvalue weighted by Crippen LogP contribution is -2.27. The summed E-state index contributed by atoms with van der Waals surface area (Å²) in [5.74, 6) is -0.239. The van der Waals surface area contributed by atoms with Crippen LogP contribution in [-0.2, 0) is 9.53 Å². The number of aromatic amines is 1. The summed E-state index contributed by atoms with van der Waals surface area (Å²) < 4.78 is 4.64. The van der Waals surface area contributed by atoms with E-state index in [1.54, 1.807) is 12.3 Å². The molecule has 2 aromatic rings. The summed E-state index contributed by atoms with van der Waals surface area (Å²) in [7, 11) is 1.33. The average molecular weight is 305 g/mol. The third kappa shape index (κ3) is 2.82. The normalized spacial score (nSPS) is 14.5. The molecular formula is C14H15N3O3S. The Kier molecular flexibility index (Phi) is 3.74. The van der Waals surface area contributed by atoms with Crippen LogP contribution >= 0.6 is 11.3 Å². The minimum absolute atomic E-state index is 0.0477. The van der Waals surface area contributed by atoms with Crippen LogP contribution in [0.3, 0.4) is 0 Å². The summed E-state index contributed by atoms with van der Waals surface area (Å²) in [6.45, 7) is 0. The summed E-state index contributed by atoms with van der Waals surface area (Å²) in [4.78, 5) is 30.5. The van der Waals surface area contributed by atoms with Gasteiger partial charge in [0.15, 0.2) is 5.13 Å². The fraction of sp³-hybridized carbons (Fsp3) is 0.357. The molecule has 2 N–H and O–H groups in total. The monoisotopic (exact) mass is 305 g/mol. The molecule has 0 radical (unpaired) electrons. The quantitative estimate of drug-likeness (QED) is 0.851. The first-order valence-corrected chi connectivity index (χ1v) is 7.59. The summed E-state index contributed by atoms with van der Waals surface area (Å²) in [5, 5.41) is 5.28. The average Bonchev–Trinajstić information content (AvgIpc) is 3.03. The van der Waals surface area contributed by atoms with E-state index in [0.29, 0.717) is 10.8 Å². The van der Waals surface area contributed by atoms with Crippen molar-refractivity contribution in [3.05, 3.63) is 23.3 Å². The largest absolute Gasteiger partial charge is 0.464 e. The van der Waals surface area contributed by atoms with Crippen LogP contribution in [0.15, 0.2) is 17.6 Å². The molecule has 2 heterocycles. The number of amides is 1. The molecule has 2 aromatic heterocycles. The second-order valence-corrected chi connectivity index (χ2v) is 5.81. The molecule has 0 aliphatic heterocycles. The predicted molar refractivity (Wildman–Crippen MR) is 79.2 cm³/mol. The Morgan fingerprint density at radius 1 is 1.48 bits per heavy atom. The SMILES string of the molecule is COC(=O)c1cc(-c2csc(NC(=O)C3CCC3)n2)c[nH]1. The van der Waals surface area contributed by atoms with Crippen LogP contribution in [0.1, 0.15) is 29.8 Å². The number of hydrogen-bond acceptors (Lipinski definition) is 5. The van der Waals surface area contributed by atoms with Crippen molar-refractivity contribution in [2.75, 3.05) is 12.4 Å². The molecule has 0 unspecified atom stereocenters. The highest BCUT2D eigenvalue weighted by molar-refractivity contribution is 7.14. The van der Waals surface area contributed by atoms with E-state index in [9.17, 15) is 9.59 Å². The predicted octanol–water partition coefficient (Wildman–Crippen LogP) is 2.66. The fourth-order valence-corrected chi connectivity index (χ4v) is 2.83. The number of thiazole rings is 1. The number of carbonyl (C=O) groups is 2. The molecule has 110 valence electrons. The minimum atomic E-state index is -0.421. The van der Waals surface area contributed by atoms with Crippen molar-refractivity contribution >= 4 is 28.3 Å². The van der Waals surface area contributed by atoms with Crippen LogP contribution in [0.5, 0.6) is 0 Å². The smallest absolute Gasteiger partial charge is 0.354 e. The molecule has 7 heteroatoms. The summed E-state index contributed by atoms with van der Waals surface area (Å²) in [6.07, 6.45) is 4.74. The van der Waals surface area contributed by atoms with Gasteiger partial charge in [-0.2, -0.15) is 0 Å². The summed E-state index contributed by atoms with van der Waals surface area (Å²) in [5.41, 5.74) is 1.88. The Labute approximate surface area is 125 Å². The zero-order chi connectivity index (χ0) is 14.8. The number of ether oxygens (including phenoxy) is 1. The van der Waals surface area contributed by atoms with Crippen LogP contribution in [0.4, 0.5) is 5.13 Å². The molecule has 1 aliphatic carbocycles. The molecule has 0 atom stereocenters. The summed E-state index contributed by atoms with van der Waals surface area (Å²) in [6, 6.07) is 1.68. The van der Waals surface area contributed by atoms with Gasteiger partial charge in [0.1, 0.15) is 5.69 Å². The van der Waals surface area contributed by atoms with E-state index < -0.39 is 5.97 Å². The number of H-pyrrole nitrogens is 1. The number of methoxy groups -OCH3 is 1. The number of carbonyl (C=O) groups excluding carboxylic acids is 2. The number of anilines is 1. The third-order valence-corrected chi connectivity index (χ3v) is 4.35. The van der Waals surface area contributed by atoms with Gasteiger partial charge in [-0.05, 0) is 18.9 Å². The minimum Gasteiger partial charge on any atom is -0.464 e. The number of esters is 1. The number of nitrogens with one attached hydrogen (secondary N) is 2. The van der Waals surface area contributed by atoms with Gasteiger partial charge in [0.05, 0.1) is 12.8 Å². The topological polar surface area (TPSA) is 84.1 Å². The maximum absolute atomic E-state index is 11.9. The molecule has 1 aliphatic rings. The summed E-state index contributed by atoms with van der Waals surface area (Å²) >= 11 is 1.37. The van der Waals surface area contributed by atoms with Crippen molar-refractivity contribution in [1.82, 2.24) is 9.97 Å². The van der Waals surface area contributed by atoms with Crippen LogP contribution in [0, 0.1) is 5.92 Å². The van der Waals surface area contributed by atoms with Gasteiger partial charge in [-0.15, -0.1) is 11.3 Å². The van der Waals surface area contributed by atoms with E-state index in [0.717, 1.165) is 30.5 Å². The van der Waals surface area contributed by atoms with E-state index in [1.165, 1.54) is 18.4 Å². The lowest BCUT2D eigenvalue weighted by molar-refractivity contribution is -0.122. The van der Waals surface area contributed by atoms with Gasteiger partial charge in [0.25, 0.3) is 0 Å². The number of aromatic nitrogens is 2. The number of nitrogens with zero attached hydrogens (tertiary/aromatic N) is 1. The first kappa shape index (κ1) is 13.8. The maximum atomic E-state index is 11.9. The third-order valence-electron chi connectivity index (χ3n) is 3.59. The number of hydrogen-bond donors (Lipinski definition) is 2. The molecular weight excluding hydrogens is 290 g/mol. The first-order valence-electron chi connectivity index (χ1n) is 6.71. The Bertz CT molecular complexity index is 673. The highest BCUT2D eigenvalue weighted by atomic mass is 32.1. The lowest BCUT2D eigenvalue weighted by Gasteiger charge is -2.23. The van der Waals surface area contributed by atoms with Crippen molar-refractivity contribution in [3.63, 3.8) is 0 Å². The highest BCUT2D eigenvalue weighted by Gasteiger charge is 2.25. The standard InChI is InChI=1S/C14H15N3O3S/c1-20-13(19)10-5-9(6-15-10)11-7-21-14(16-11)17-12(18)8-3-2-4-8/h5-8,15H,2-4H2,1H3,(H,16,17,18). The van der Waals surface area contributed by atoms with E-state index in [1.807, 2.05) is 5.38 Å². The molecule has 21 heavy (non-hydrogen) atoms. The Morgan fingerprint density at radius 2 is 2.29 bits per heavy atom. The molecule has 0 aromatic carbocycles. The lowest BCUT2D eigenvalue weighted by atomic mass is 9.85. The van der Waals surface area contributed by atoms with Gasteiger partial charge < -0.3 is 15.0 Å². The molecule has 1 saturated carbocycles. The Hall–Kier alpha value is -2.15. The molecule has 3 rings (SSSR count). The molecule has 1 amide bonds. The van der Waals surface area contributed by atoms with Crippen molar-refractivity contribution < 1.29 is 14.3 Å². The van der Waals surface area contributed by atoms with Crippen LogP contribution in [0.25, 0.3) is 11.3 Å². The first-order chi connectivity index (χ1) is 10.2. The van der Waals surface area contributed by atoms with E-state index in [2.05, 4.69) is 20.0 Å². The molecule has 0 spiro atoms. The van der Waals surface area contributed by atoms with Crippen LogP contribution in [0.2, 0.25) is 0 Å². The van der Waals surface area contributed by atoms with E-state index in [4.69, 9.17) is 0 Å². The van der Waals surface area contributed by atoms with Crippen molar-refractivity contribution in [2.24, 2.45) is 5.92 Å². The van der Waals surface area contributed by atoms with Crippen LogP contribution in [-0.4, -0.2) is 29.0 Å². The van der Waals surface area contributed by atoms with Gasteiger partial charge in [-0.1, -0.05) is 6.42 Å². The van der Waals surface area contributed by atoms with Gasteiger partial charge in [0.2, 0.25) is 5.91 Å². The Morgan fingerprint density at radius 3 is 2.95 bits per heavy atom. The van der Waals surface area contributed by atoms with Crippen molar-refractivity contribution in [3.8, 4) is 11.3 Å². The molecule has 6 nitrogen and oxygen atoms in total. The van der Waals surface area contributed by atoms with E-state index >= 15 is 0 Å². The zero-order valence-electron chi connectivity index (χ0n) is 11.5. The molecule has 0 bridgehead atoms. The van der Waals surface area contributed by atoms with Gasteiger partial charge in [-0.3, -0.25) is 4.79 Å². The Balaban J connectivity index is 1.70. The second-order valence-electron chi connectivity index (χ2n) is 4.95. The maximum Gasteiger partial charge on any atom is 0.354 e. The van der Waals surface area contributed by atoms with Gasteiger partial charge >= 0.3 is 5.97 Å². The zero-order valence-corrected chi connectivity index (χ0v) is 12.3. The number of rotatable bonds is 4. The second kappa shape index (κ2) is 5.69. The fourth-order valence-electron chi connectivity index (χ4n) is 2.11. The highest BCUT2D eigenvalue weighted by Crippen LogP contribution is 2.30. The van der Waals surface area contributed by atoms with Crippen LogP contribution < -0.4 is 5.32 Å². The van der Waals surface area contributed by atoms with Crippen molar-refractivity contribution in [1.29, 1.82) is 0 Å². The van der Waals surface area contributed by atoms with E-state index in [-0.39, 0.29) is 11.8 Å². The molecule has 0 saturated heterocycles. The van der Waals surface area contributed by atoms with Gasteiger partial charge in [-0.25, -0.2) is 9.78 Å². The van der Waals surface area contributed by atoms with Crippen molar-refractivity contribution in [2.45, 2.75) is 19.3 Å². The van der Waals surface area contributed by atoms with Gasteiger partial charge in [0, 0.05) is 23.1 Å².